The molecule has 112 valence electrons. The minimum atomic E-state index is -0.351. The predicted molar refractivity (Wildman–Crippen MR) is 80.9 cm³/mol. The van der Waals surface area contributed by atoms with E-state index in [0.29, 0.717) is 25.2 Å². The molecule has 0 bridgehead atoms. The Hall–Kier alpha value is -1.62. The van der Waals surface area contributed by atoms with Crippen molar-refractivity contribution in [1.82, 2.24) is 9.88 Å². The maximum atomic E-state index is 12.2. The number of hydrogen-bond donors (Lipinski definition) is 2. The number of aliphatic hydroxyl groups excluding tert-OH is 1. The van der Waals surface area contributed by atoms with Crippen molar-refractivity contribution in [2.24, 2.45) is 0 Å². The van der Waals surface area contributed by atoms with Crippen LogP contribution in [0.3, 0.4) is 0 Å². The molecule has 1 heterocycles. The van der Waals surface area contributed by atoms with E-state index in [1.165, 1.54) is 0 Å². The lowest BCUT2D eigenvalue weighted by Crippen LogP contribution is -2.31. The summed E-state index contributed by atoms with van der Waals surface area (Å²) in [5, 5.41) is 12.6. The average molecular weight is 279 g/mol. The molecule has 20 heavy (non-hydrogen) atoms. The van der Waals surface area contributed by atoms with Gasteiger partial charge in [-0.3, -0.25) is 9.78 Å². The summed E-state index contributed by atoms with van der Waals surface area (Å²) < 4.78 is 0. The standard InChI is InChI=1S/C15H25N3O2/c1-5-18(6-2)15(20)14-10-13(7-8-16-14)17-11(3)9-12(4)19/h7-8,10-12,19H,5-6,9H2,1-4H3,(H,16,17). The molecule has 1 aromatic rings. The van der Waals surface area contributed by atoms with Gasteiger partial charge in [0.25, 0.3) is 5.91 Å². The lowest BCUT2D eigenvalue weighted by molar-refractivity contribution is 0.0767. The van der Waals surface area contributed by atoms with Crippen molar-refractivity contribution in [3.63, 3.8) is 0 Å². The molecular weight excluding hydrogens is 254 g/mol. The Balaban J connectivity index is 2.77. The number of carbonyl (C=O) groups excluding carboxylic acids is 1. The number of hydrogen-bond acceptors (Lipinski definition) is 4. The smallest absolute Gasteiger partial charge is 0.272 e. The SMILES string of the molecule is CCN(CC)C(=O)c1cc(NC(C)CC(C)O)ccn1. The molecule has 0 aromatic carbocycles. The fourth-order valence-corrected chi connectivity index (χ4v) is 2.17. The third kappa shape index (κ3) is 4.81. The van der Waals surface area contributed by atoms with Crippen LogP contribution >= 0.6 is 0 Å². The maximum Gasteiger partial charge on any atom is 0.272 e. The van der Waals surface area contributed by atoms with E-state index in [-0.39, 0.29) is 18.1 Å². The van der Waals surface area contributed by atoms with Gasteiger partial charge < -0.3 is 15.3 Å². The highest BCUT2D eigenvalue weighted by atomic mass is 16.3. The second-order valence-electron chi connectivity index (χ2n) is 5.04. The second-order valence-corrected chi connectivity index (χ2v) is 5.04. The van der Waals surface area contributed by atoms with Gasteiger partial charge in [-0.1, -0.05) is 0 Å². The van der Waals surface area contributed by atoms with Gasteiger partial charge in [-0.15, -0.1) is 0 Å². The Morgan fingerprint density at radius 2 is 2.05 bits per heavy atom. The highest BCUT2D eigenvalue weighted by Gasteiger charge is 2.14. The van der Waals surface area contributed by atoms with Gasteiger partial charge in [0.05, 0.1) is 6.10 Å². The summed E-state index contributed by atoms with van der Waals surface area (Å²) in [7, 11) is 0. The summed E-state index contributed by atoms with van der Waals surface area (Å²) in [4.78, 5) is 18.1. The van der Waals surface area contributed by atoms with Crippen molar-refractivity contribution in [3.8, 4) is 0 Å². The number of nitrogens with one attached hydrogen (secondary N) is 1. The predicted octanol–water partition coefficient (Wildman–Crippen LogP) is 2.13. The molecule has 0 saturated carbocycles. The normalized spacial score (nSPS) is 13.7. The first-order valence-electron chi connectivity index (χ1n) is 7.17. The summed E-state index contributed by atoms with van der Waals surface area (Å²) in [6, 6.07) is 3.73. The van der Waals surface area contributed by atoms with Gasteiger partial charge in [-0.05, 0) is 46.2 Å². The molecule has 1 aromatic heterocycles. The Morgan fingerprint density at radius 3 is 2.60 bits per heavy atom. The zero-order valence-corrected chi connectivity index (χ0v) is 12.8. The van der Waals surface area contributed by atoms with Crippen molar-refractivity contribution >= 4 is 11.6 Å². The summed E-state index contributed by atoms with van der Waals surface area (Å²) in [5.41, 5.74) is 1.30. The van der Waals surface area contributed by atoms with E-state index in [0.717, 1.165) is 5.69 Å². The third-order valence-corrected chi connectivity index (χ3v) is 3.14. The summed E-state index contributed by atoms with van der Waals surface area (Å²) in [6.45, 7) is 9.02. The molecule has 2 unspecified atom stereocenters. The third-order valence-electron chi connectivity index (χ3n) is 3.14. The van der Waals surface area contributed by atoms with Crippen molar-refractivity contribution in [3.05, 3.63) is 24.0 Å². The highest BCUT2D eigenvalue weighted by molar-refractivity contribution is 5.93. The molecule has 5 nitrogen and oxygen atoms in total. The first kappa shape index (κ1) is 16.4. The first-order valence-corrected chi connectivity index (χ1v) is 7.17. The Kier molecular flexibility index (Phi) is 6.45. The molecule has 2 atom stereocenters. The summed E-state index contributed by atoms with van der Waals surface area (Å²) >= 11 is 0. The van der Waals surface area contributed by atoms with Gasteiger partial charge in [-0.25, -0.2) is 0 Å². The highest BCUT2D eigenvalue weighted by Crippen LogP contribution is 2.13. The minimum Gasteiger partial charge on any atom is -0.393 e. The van der Waals surface area contributed by atoms with Gasteiger partial charge in [0.2, 0.25) is 0 Å². The van der Waals surface area contributed by atoms with Crippen LogP contribution in [0.25, 0.3) is 0 Å². The fourth-order valence-electron chi connectivity index (χ4n) is 2.17. The van der Waals surface area contributed by atoms with Crippen molar-refractivity contribution < 1.29 is 9.90 Å². The zero-order chi connectivity index (χ0) is 15.1. The monoisotopic (exact) mass is 279 g/mol. The summed E-state index contributed by atoms with van der Waals surface area (Å²) in [6.07, 6.45) is 1.94. The quantitative estimate of drug-likeness (QED) is 0.802. The molecule has 0 fully saturated rings. The van der Waals surface area contributed by atoms with E-state index in [9.17, 15) is 9.90 Å². The molecule has 1 rings (SSSR count). The van der Waals surface area contributed by atoms with Crippen LogP contribution in [0, 0.1) is 0 Å². The molecule has 0 aliphatic heterocycles. The minimum absolute atomic E-state index is 0.0539. The van der Waals surface area contributed by atoms with E-state index in [4.69, 9.17) is 0 Å². The van der Waals surface area contributed by atoms with Gasteiger partial charge in [0, 0.05) is 31.0 Å². The molecule has 1 amide bonds. The van der Waals surface area contributed by atoms with Crippen LogP contribution in [0.4, 0.5) is 5.69 Å². The lowest BCUT2D eigenvalue weighted by Gasteiger charge is -2.19. The average Bonchev–Trinajstić information content (AvgIpc) is 2.39. The van der Waals surface area contributed by atoms with E-state index < -0.39 is 0 Å². The van der Waals surface area contributed by atoms with Crippen LogP contribution < -0.4 is 5.32 Å². The van der Waals surface area contributed by atoms with Crippen LogP contribution in [-0.4, -0.2) is 46.1 Å². The van der Waals surface area contributed by atoms with Crippen LogP contribution in [0.5, 0.6) is 0 Å². The zero-order valence-electron chi connectivity index (χ0n) is 12.8. The summed E-state index contributed by atoms with van der Waals surface area (Å²) in [5.74, 6) is -0.0539. The van der Waals surface area contributed by atoms with Crippen molar-refractivity contribution in [1.29, 1.82) is 0 Å². The van der Waals surface area contributed by atoms with Crippen LogP contribution in [0.1, 0.15) is 44.6 Å². The number of anilines is 1. The number of aliphatic hydroxyl groups is 1. The number of nitrogens with zero attached hydrogens (tertiary/aromatic N) is 2. The van der Waals surface area contributed by atoms with E-state index in [1.807, 2.05) is 26.8 Å². The van der Waals surface area contributed by atoms with E-state index in [2.05, 4.69) is 10.3 Å². The van der Waals surface area contributed by atoms with Gasteiger partial charge in [0.1, 0.15) is 5.69 Å². The number of carbonyl (C=O) groups is 1. The number of rotatable bonds is 7. The molecule has 0 aliphatic carbocycles. The molecule has 0 radical (unpaired) electrons. The number of pyridine rings is 1. The molecule has 0 spiro atoms. The molecule has 0 aliphatic rings. The van der Waals surface area contributed by atoms with Crippen molar-refractivity contribution in [2.75, 3.05) is 18.4 Å². The number of amides is 1. The van der Waals surface area contributed by atoms with Gasteiger partial charge in [0.15, 0.2) is 0 Å². The second kappa shape index (κ2) is 7.85. The van der Waals surface area contributed by atoms with Crippen LogP contribution in [-0.2, 0) is 0 Å². The van der Waals surface area contributed by atoms with E-state index in [1.54, 1.807) is 24.1 Å². The Bertz CT molecular complexity index is 431. The van der Waals surface area contributed by atoms with E-state index >= 15 is 0 Å². The fraction of sp³-hybridized carbons (Fsp3) is 0.600. The van der Waals surface area contributed by atoms with Gasteiger partial charge in [-0.2, -0.15) is 0 Å². The largest absolute Gasteiger partial charge is 0.393 e. The molecule has 0 saturated heterocycles. The van der Waals surface area contributed by atoms with Crippen molar-refractivity contribution in [2.45, 2.75) is 46.3 Å². The van der Waals surface area contributed by atoms with Crippen LogP contribution in [0.15, 0.2) is 18.3 Å². The maximum absolute atomic E-state index is 12.2. The number of aromatic nitrogens is 1. The molecular formula is C15H25N3O2. The molecule has 5 heteroatoms. The van der Waals surface area contributed by atoms with Crippen LogP contribution in [0.2, 0.25) is 0 Å². The first-order chi connectivity index (χ1) is 9.47. The molecule has 2 N–H and O–H groups in total. The Morgan fingerprint density at radius 1 is 1.40 bits per heavy atom. The Labute approximate surface area is 121 Å². The topological polar surface area (TPSA) is 65.5 Å². The lowest BCUT2D eigenvalue weighted by atomic mass is 10.1. The van der Waals surface area contributed by atoms with Gasteiger partial charge >= 0.3 is 0 Å².